The van der Waals surface area contributed by atoms with E-state index in [0.717, 1.165) is 17.7 Å². The highest BCUT2D eigenvalue weighted by Crippen LogP contribution is 2.21. The first-order valence-corrected chi connectivity index (χ1v) is 8.15. The normalized spacial score (nSPS) is 11.6. The van der Waals surface area contributed by atoms with Crippen LogP contribution in [0, 0.1) is 13.8 Å². The topological polar surface area (TPSA) is 96.6 Å². The number of hydrogen-bond acceptors (Lipinski definition) is 4. The summed E-state index contributed by atoms with van der Waals surface area (Å²) in [6.45, 7) is 3.59. The third-order valence-corrected chi connectivity index (χ3v) is 4.79. The van der Waals surface area contributed by atoms with Gasteiger partial charge in [0.15, 0.2) is 0 Å². The van der Waals surface area contributed by atoms with E-state index in [1.807, 2.05) is 0 Å². The molecule has 0 aliphatic heterocycles. The molecular weight excluding hydrogens is 330 g/mol. The van der Waals surface area contributed by atoms with E-state index in [1.165, 1.54) is 6.07 Å². The molecule has 0 amide bonds. The molecule has 2 aromatic rings. The van der Waals surface area contributed by atoms with Crippen LogP contribution in [-0.2, 0) is 16.6 Å². The highest BCUT2D eigenvalue weighted by Gasteiger charge is 2.18. The van der Waals surface area contributed by atoms with E-state index in [1.54, 1.807) is 19.9 Å². The maximum absolute atomic E-state index is 12.2. The second kappa shape index (κ2) is 6.12. The van der Waals surface area contributed by atoms with E-state index >= 15 is 0 Å². The van der Waals surface area contributed by atoms with Crippen molar-refractivity contribution in [1.29, 1.82) is 0 Å². The number of carbonyl (C=O) groups is 1. The second-order valence-electron chi connectivity index (χ2n) is 4.71. The maximum atomic E-state index is 12.2. The molecular formula is C14H14ClNO5S. The molecule has 0 aliphatic carbocycles. The van der Waals surface area contributed by atoms with Gasteiger partial charge in [0.05, 0.1) is 15.5 Å². The van der Waals surface area contributed by atoms with E-state index < -0.39 is 16.0 Å². The number of rotatable bonds is 5. The van der Waals surface area contributed by atoms with Crippen molar-refractivity contribution in [2.24, 2.45) is 0 Å². The molecule has 118 valence electrons. The first-order chi connectivity index (χ1) is 10.2. The van der Waals surface area contributed by atoms with Crippen LogP contribution in [0.5, 0.6) is 0 Å². The average Bonchev–Trinajstić information content (AvgIpc) is 2.74. The minimum Gasteiger partial charge on any atom is -0.478 e. The molecule has 1 aromatic heterocycles. The van der Waals surface area contributed by atoms with Gasteiger partial charge < -0.3 is 9.52 Å². The Morgan fingerprint density at radius 2 is 2.00 bits per heavy atom. The van der Waals surface area contributed by atoms with Gasteiger partial charge in [-0.3, -0.25) is 0 Å². The molecule has 2 N–H and O–H groups in total. The standard InChI is InChI=1S/C14H14ClNO5S/c1-8-5-10(9(2)21-8)7-16-22(19,20)11-3-4-12(14(17)18)13(15)6-11/h3-6,16H,7H2,1-2H3,(H,17,18). The molecule has 1 heterocycles. The zero-order chi connectivity index (χ0) is 16.5. The van der Waals surface area contributed by atoms with Crippen LogP contribution in [-0.4, -0.2) is 19.5 Å². The van der Waals surface area contributed by atoms with E-state index in [-0.39, 0.29) is 22.0 Å². The Kier molecular flexibility index (Phi) is 4.60. The second-order valence-corrected chi connectivity index (χ2v) is 6.88. The summed E-state index contributed by atoms with van der Waals surface area (Å²) < 4.78 is 32.2. The van der Waals surface area contributed by atoms with Crippen molar-refractivity contribution in [3.8, 4) is 0 Å². The largest absolute Gasteiger partial charge is 0.478 e. The minimum absolute atomic E-state index is 0.0732. The van der Waals surface area contributed by atoms with Crippen LogP contribution < -0.4 is 4.72 Å². The van der Waals surface area contributed by atoms with Crippen LogP contribution in [0.2, 0.25) is 5.02 Å². The van der Waals surface area contributed by atoms with Gasteiger partial charge >= 0.3 is 5.97 Å². The van der Waals surface area contributed by atoms with Crippen LogP contribution in [0.1, 0.15) is 27.4 Å². The van der Waals surface area contributed by atoms with E-state index in [4.69, 9.17) is 21.1 Å². The zero-order valence-electron chi connectivity index (χ0n) is 11.9. The third-order valence-electron chi connectivity index (χ3n) is 3.08. The molecule has 6 nitrogen and oxygen atoms in total. The zero-order valence-corrected chi connectivity index (χ0v) is 13.5. The fourth-order valence-electron chi connectivity index (χ4n) is 1.95. The Bertz CT molecular complexity index is 826. The molecule has 0 spiro atoms. The predicted octanol–water partition coefficient (Wildman–Crippen LogP) is 2.73. The molecule has 0 fully saturated rings. The summed E-state index contributed by atoms with van der Waals surface area (Å²) in [5.74, 6) is 0.117. The first-order valence-electron chi connectivity index (χ1n) is 6.29. The lowest BCUT2D eigenvalue weighted by molar-refractivity contribution is 0.0697. The fraction of sp³-hybridized carbons (Fsp3) is 0.214. The number of halogens is 1. The lowest BCUT2D eigenvalue weighted by Crippen LogP contribution is -2.23. The molecule has 0 saturated heterocycles. The van der Waals surface area contributed by atoms with Crippen molar-refractivity contribution in [3.05, 3.63) is 51.9 Å². The number of aromatic carboxylic acids is 1. The van der Waals surface area contributed by atoms with Gasteiger partial charge in [0, 0.05) is 12.1 Å². The first kappa shape index (κ1) is 16.5. The Morgan fingerprint density at radius 3 is 2.50 bits per heavy atom. The monoisotopic (exact) mass is 343 g/mol. The van der Waals surface area contributed by atoms with Gasteiger partial charge in [-0.1, -0.05) is 11.6 Å². The van der Waals surface area contributed by atoms with Crippen molar-refractivity contribution in [1.82, 2.24) is 4.72 Å². The summed E-state index contributed by atoms with van der Waals surface area (Å²) in [5, 5.41) is 8.75. The number of sulfonamides is 1. The summed E-state index contributed by atoms with van der Waals surface area (Å²) in [6, 6.07) is 5.22. The van der Waals surface area contributed by atoms with Crippen LogP contribution in [0.15, 0.2) is 33.6 Å². The molecule has 2 rings (SSSR count). The van der Waals surface area contributed by atoms with Gasteiger partial charge in [0.2, 0.25) is 10.0 Å². The van der Waals surface area contributed by atoms with Crippen LogP contribution in [0.4, 0.5) is 0 Å². The summed E-state index contributed by atoms with van der Waals surface area (Å²) in [5.41, 5.74) is 0.580. The van der Waals surface area contributed by atoms with Gasteiger partial charge in [0.25, 0.3) is 0 Å². The van der Waals surface area contributed by atoms with Gasteiger partial charge in [-0.15, -0.1) is 0 Å². The van der Waals surface area contributed by atoms with Gasteiger partial charge in [0.1, 0.15) is 11.5 Å². The number of carboxylic acids is 1. The predicted molar refractivity (Wildman–Crippen MR) is 80.6 cm³/mol. The lowest BCUT2D eigenvalue weighted by Gasteiger charge is -2.07. The number of carboxylic acid groups (broad SMARTS) is 1. The van der Waals surface area contributed by atoms with Gasteiger partial charge in [-0.05, 0) is 38.1 Å². The number of furan rings is 1. The highest BCUT2D eigenvalue weighted by atomic mass is 35.5. The number of hydrogen-bond donors (Lipinski definition) is 2. The lowest BCUT2D eigenvalue weighted by atomic mass is 10.2. The quantitative estimate of drug-likeness (QED) is 0.870. The summed E-state index contributed by atoms with van der Waals surface area (Å²) in [6.07, 6.45) is 0. The fourth-order valence-corrected chi connectivity index (χ4v) is 3.31. The highest BCUT2D eigenvalue weighted by molar-refractivity contribution is 7.89. The van der Waals surface area contributed by atoms with Crippen molar-refractivity contribution in [2.75, 3.05) is 0 Å². The summed E-state index contributed by atoms with van der Waals surface area (Å²) >= 11 is 5.79. The minimum atomic E-state index is -3.80. The number of nitrogens with one attached hydrogen (secondary N) is 1. The third kappa shape index (κ3) is 3.49. The molecule has 8 heteroatoms. The average molecular weight is 344 g/mol. The molecule has 0 atom stereocenters. The maximum Gasteiger partial charge on any atom is 0.337 e. The Labute approximate surface area is 132 Å². The Hall–Kier alpha value is -1.83. The van der Waals surface area contributed by atoms with Crippen molar-refractivity contribution in [3.63, 3.8) is 0 Å². The molecule has 0 bridgehead atoms. The SMILES string of the molecule is Cc1cc(CNS(=O)(=O)c2ccc(C(=O)O)c(Cl)c2)c(C)o1. The van der Waals surface area contributed by atoms with Crippen LogP contribution in [0.3, 0.4) is 0 Å². The van der Waals surface area contributed by atoms with Gasteiger partial charge in [-0.2, -0.15) is 0 Å². The smallest absolute Gasteiger partial charge is 0.337 e. The van der Waals surface area contributed by atoms with Crippen LogP contribution in [0.25, 0.3) is 0 Å². The van der Waals surface area contributed by atoms with Gasteiger partial charge in [-0.25, -0.2) is 17.9 Å². The van der Waals surface area contributed by atoms with E-state index in [2.05, 4.69) is 4.72 Å². The van der Waals surface area contributed by atoms with Crippen molar-refractivity contribution in [2.45, 2.75) is 25.3 Å². The molecule has 0 unspecified atom stereocenters. The van der Waals surface area contributed by atoms with E-state index in [0.29, 0.717) is 11.5 Å². The molecule has 0 aliphatic rings. The van der Waals surface area contributed by atoms with Crippen LogP contribution >= 0.6 is 11.6 Å². The Morgan fingerprint density at radius 1 is 1.32 bits per heavy atom. The molecule has 22 heavy (non-hydrogen) atoms. The summed E-state index contributed by atoms with van der Waals surface area (Å²) in [7, 11) is -3.80. The molecule has 0 radical (unpaired) electrons. The number of benzene rings is 1. The van der Waals surface area contributed by atoms with Crippen molar-refractivity contribution < 1.29 is 22.7 Å². The molecule has 0 saturated carbocycles. The van der Waals surface area contributed by atoms with E-state index in [9.17, 15) is 13.2 Å². The number of aryl methyl sites for hydroxylation is 2. The molecule has 1 aromatic carbocycles. The Balaban J connectivity index is 2.22. The summed E-state index contributed by atoms with van der Waals surface area (Å²) in [4.78, 5) is 10.8. The van der Waals surface area contributed by atoms with Crippen molar-refractivity contribution >= 4 is 27.6 Å².